The molecule has 0 bridgehead atoms. The first-order chi connectivity index (χ1) is 8.00. The Morgan fingerprint density at radius 2 is 2.12 bits per heavy atom. The summed E-state index contributed by atoms with van der Waals surface area (Å²) < 4.78 is 26.3. The van der Waals surface area contributed by atoms with E-state index in [0.717, 1.165) is 37.0 Å². The highest BCUT2D eigenvalue weighted by molar-refractivity contribution is 7.91. The summed E-state index contributed by atoms with van der Waals surface area (Å²) in [7, 11) is -3.75. The Kier molecular flexibility index (Phi) is 3.45. The maximum Gasteiger partial charge on any atom is 0.356 e. The van der Waals surface area contributed by atoms with Crippen molar-refractivity contribution in [3.63, 3.8) is 0 Å². The lowest BCUT2D eigenvalue weighted by Crippen LogP contribution is -2.33. The molecule has 8 heteroatoms. The van der Waals surface area contributed by atoms with Gasteiger partial charge in [-0.15, -0.1) is 11.3 Å². The Morgan fingerprint density at radius 1 is 1.47 bits per heavy atom. The van der Waals surface area contributed by atoms with E-state index in [4.69, 9.17) is 5.11 Å². The molecule has 0 aromatic carbocycles. The van der Waals surface area contributed by atoms with E-state index in [1.165, 1.54) is 5.51 Å². The molecule has 1 aromatic heterocycles. The maximum atomic E-state index is 12.0. The minimum atomic E-state index is -3.75. The molecule has 1 heterocycles. The minimum absolute atomic E-state index is 0.0799. The molecule has 17 heavy (non-hydrogen) atoms. The van der Waals surface area contributed by atoms with Crippen molar-refractivity contribution in [2.24, 2.45) is 0 Å². The Labute approximate surface area is 103 Å². The second-order valence-electron chi connectivity index (χ2n) is 3.90. The largest absolute Gasteiger partial charge is 0.476 e. The van der Waals surface area contributed by atoms with Crippen LogP contribution in [0.4, 0.5) is 0 Å². The van der Waals surface area contributed by atoms with Gasteiger partial charge < -0.3 is 5.11 Å². The standard InChI is InChI=1S/C9H12N2O4S2/c12-8(13)7-9(16-5-10-7)17(14,15)11-6-3-1-2-4-6/h5-6,11H,1-4H2,(H,12,13). The van der Waals surface area contributed by atoms with Crippen LogP contribution in [-0.4, -0.2) is 30.5 Å². The van der Waals surface area contributed by atoms with Crippen molar-refractivity contribution in [3.05, 3.63) is 11.2 Å². The van der Waals surface area contributed by atoms with E-state index in [1.54, 1.807) is 0 Å². The van der Waals surface area contributed by atoms with Gasteiger partial charge in [-0.2, -0.15) is 0 Å². The molecule has 94 valence electrons. The smallest absolute Gasteiger partial charge is 0.356 e. The lowest BCUT2D eigenvalue weighted by Gasteiger charge is -2.11. The van der Waals surface area contributed by atoms with E-state index in [1.807, 2.05) is 0 Å². The average Bonchev–Trinajstić information content (AvgIpc) is 2.84. The lowest BCUT2D eigenvalue weighted by atomic mass is 10.3. The van der Waals surface area contributed by atoms with Crippen molar-refractivity contribution >= 4 is 27.3 Å². The van der Waals surface area contributed by atoms with Crippen molar-refractivity contribution in [2.75, 3.05) is 0 Å². The molecule has 1 aromatic rings. The molecule has 0 aliphatic heterocycles. The predicted octanol–water partition coefficient (Wildman–Crippen LogP) is 1.06. The minimum Gasteiger partial charge on any atom is -0.476 e. The molecule has 0 radical (unpaired) electrons. The van der Waals surface area contributed by atoms with Crippen molar-refractivity contribution in [3.8, 4) is 0 Å². The maximum absolute atomic E-state index is 12.0. The number of nitrogens with one attached hydrogen (secondary N) is 1. The fraction of sp³-hybridized carbons (Fsp3) is 0.556. The quantitative estimate of drug-likeness (QED) is 0.857. The fourth-order valence-electron chi connectivity index (χ4n) is 1.89. The van der Waals surface area contributed by atoms with Crippen LogP contribution in [-0.2, 0) is 10.0 Å². The summed E-state index contributed by atoms with van der Waals surface area (Å²) in [5.74, 6) is -1.32. The van der Waals surface area contributed by atoms with Gasteiger partial charge in [-0.25, -0.2) is 22.9 Å². The number of rotatable bonds is 4. The highest BCUT2D eigenvalue weighted by Crippen LogP contribution is 2.24. The molecule has 1 aliphatic rings. The fourth-order valence-corrected chi connectivity index (χ4v) is 4.35. The number of aromatic nitrogens is 1. The van der Waals surface area contributed by atoms with E-state index in [-0.39, 0.29) is 10.3 Å². The topological polar surface area (TPSA) is 96.4 Å². The van der Waals surface area contributed by atoms with Crippen molar-refractivity contribution < 1.29 is 18.3 Å². The molecule has 6 nitrogen and oxygen atoms in total. The summed E-state index contributed by atoms with van der Waals surface area (Å²) in [6.07, 6.45) is 3.62. The van der Waals surface area contributed by atoms with Gasteiger partial charge in [-0.1, -0.05) is 12.8 Å². The van der Waals surface area contributed by atoms with Gasteiger partial charge in [0.15, 0.2) is 9.90 Å². The van der Waals surface area contributed by atoms with Gasteiger partial charge in [0.05, 0.1) is 5.51 Å². The van der Waals surface area contributed by atoms with Crippen LogP contribution >= 0.6 is 11.3 Å². The monoisotopic (exact) mass is 276 g/mol. The number of hydrogen-bond donors (Lipinski definition) is 2. The molecule has 2 rings (SSSR count). The molecule has 0 spiro atoms. The van der Waals surface area contributed by atoms with Gasteiger partial charge in [0.1, 0.15) is 0 Å². The Morgan fingerprint density at radius 3 is 2.71 bits per heavy atom. The Balaban J connectivity index is 2.24. The van der Waals surface area contributed by atoms with Gasteiger partial charge in [0.25, 0.3) is 10.0 Å². The summed E-state index contributed by atoms with van der Waals surface area (Å²) >= 11 is 0.826. The first-order valence-electron chi connectivity index (χ1n) is 5.20. The number of sulfonamides is 1. The van der Waals surface area contributed by atoms with E-state index < -0.39 is 21.7 Å². The van der Waals surface area contributed by atoms with Crippen LogP contribution in [0, 0.1) is 0 Å². The number of aromatic carboxylic acids is 1. The second-order valence-corrected chi connectivity index (χ2v) is 6.66. The van der Waals surface area contributed by atoms with E-state index in [9.17, 15) is 13.2 Å². The van der Waals surface area contributed by atoms with Crippen LogP contribution in [0.25, 0.3) is 0 Å². The van der Waals surface area contributed by atoms with Crippen molar-refractivity contribution in [1.29, 1.82) is 0 Å². The van der Waals surface area contributed by atoms with Gasteiger partial charge in [-0.3, -0.25) is 0 Å². The summed E-state index contributed by atoms with van der Waals surface area (Å²) in [6.45, 7) is 0. The van der Waals surface area contributed by atoms with Crippen LogP contribution < -0.4 is 4.72 Å². The third-order valence-electron chi connectivity index (χ3n) is 2.66. The Hall–Kier alpha value is -0.990. The molecule has 0 atom stereocenters. The zero-order valence-electron chi connectivity index (χ0n) is 8.92. The van der Waals surface area contributed by atoms with Gasteiger partial charge in [0.2, 0.25) is 0 Å². The SMILES string of the molecule is O=C(O)c1ncsc1S(=O)(=O)NC1CCCC1. The van der Waals surface area contributed by atoms with Crippen LogP contribution in [0.2, 0.25) is 0 Å². The Bertz CT molecular complexity index is 517. The summed E-state index contributed by atoms with van der Waals surface area (Å²) in [5.41, 5.74) is 0.827. The average molecular weight is 276 g/mol. The zero-order chi connectivity index (χ0) is 12.5. The van der Waals surface area contributed by atoms with Crippen LogP contribution in [0.5, 0.6) is 0 Å². The number of hydrogen-bond acceptors (Lipinski definition) is 5. The second kappa shape index (κ2) is 4.71. The number of nitrogens with zero attached hydrogens (tertiary/aromatic N) is 1. The van der Waals surface area contributed by atoms with Crippen LogP contribution in [0.1, 0.15) is 36.2 Å². The molecule has 1 aliphatic carbocycles. The number of thiazole rings is 1. The number of carboxylic acids is 1. The first-order valence-corrected chi connectivity index (χ1v) is 7.56. The molecule has 1 saturated carbocycles. The molecule has 0 saturated heterocycles. The number of carbonyl (C=O) groups is 1. The lowest BCUT2D eigenvalue weighted by molar-refractivity contribution is 0.0687. The number of carboxylic acid groups (broad SMARTS) is 1. The van der Waals surface area contributed by atoms with Crippen molar-refractivity contribution in [1.82, 2.24) is 9.71 Å². The summed E-state index contributed by atoms with van der Waals surface area (Å²) in [4.78, 5) is 14.4. The first kappa shape index (κ1) is 12.5. The third kappa shape index (κ3) is 2.64. The normalized spacial score (nSPS) is 17.4. The van der Waals surface area contributed by atoms with Crippen LogP contribution in [0.15, 0.2) is 9.72 Å². The molecular formula is C9H12N2O4S2. The highest BCUT2D eigenvalue weighted by Gasteiger charge is 2.29. The zero-order valence-corrected chi connectivity index (χ0v) is 10.6. The molecule has 0 amide bonds. The summed E-state index contributed by atoms with van der Waals surface area (Å²) in [5, 5.41) is 8.83. The molecule has 2 N–H and O–H groups in total. The molecule has 0 unspecified atom stereocenters. The van der Waals surface area contributed by atoms with Gasteiger partial charge >= 0.3 is 5.97 Å². The van der Waals surface area contributed by atoms with Crippen molar-refractivity contribution in [2.45, 2.75) is 35.9 Å². The third-order valence-corrected chi connectivity index (χ3v) is 5.55. The van der Waals surface area contributed by atoms with Gasteiger partial charge in [0, 0.05) is 6.04 Å². The highest BCUT2D eigenvalue weighted by atomic mass is 32.2. The van der Waals surface area contributed by atoms with E-state index >= 15 is 0 Å². The van der Waals surface area contributed by atoms with Crippen LogP contribution in [0.3, 0.4) is 0 Å². The van der Waals surface area contributed by atoms with Gasteiger partial charge in [-0.05, 0) is 12.8 Å². The predicted molar refractivity (Wildman–Crippen MR) is 61.7 cm³/mol. The van der Waals surface area contributed by atoms with E-state index in [0.29, 0.717) is 0 Å². The molecule has 1 fully saturated rings. The van der Waals surface area contributed by atoms with E-state index in [2.05, 4.69) is 9.71 Å². The summed E-state index contributed by atoms with van der Waals surface area (Å²) in [6, 6.07) is -0.0799. The molecular weight excluding hydrogens is 264 g/mol.